The van der Waals surface area contributed by atoms with Crippen LogP contribution < -0.4 is 5.73 Å². The molecular weight excluding hydrogens is 383 g/mol. The van der Waals surface area contributed by atoms with E-state index in [1.54, 1.807) is 12.3 Å². The van der Waals surface area contributed by atoms with Gasteiger partial charge in [-0.15, -0.1) is 0 Å². The summed E-state index contributed by atoms with van der Waals surface area (Å²) in [4.78, 5) is 4.71. The molecule has 0 aliphatic heterocycles. The monoisotopic (exact) mass is 390 g/mol. The van der Waals surface area contributed by atoms with Crippen LogP contribution in [0.3, 0.4) is 0 Å². The maximum atomic E-state index is 14.1. The summed E-state index contributed by atoms with van der Waals surface area (Å²) < 4.78 is 15.4. The molecule has 1 aromatic heterocycles. The number of rotatable bonds is 3. The summed E-state index contributed by atoms with van der Waals surface area (Å²) in [7, 11) is 0. The van der Waals surface area contributed by atoms with Crippen LogP contribution in [0.5, 0.6) is 0 Å². The van der Waals surface area contributed by atoms with Crippen LogP contribution in [-0.2, 0) is 6.54 Å². The normalized spacial score (nSPS) is 10.7. The van der Waals surface area contributed by atoms with Crippen LogP contribution in [0.1, 0.15) is 5.56 Å². The summed E-state index contributed by atoms with van der Waals surface area (Å²) in [6.07, 6.45) is 1.67. The first-order valence-corrected chi connectivity index (χ1v) is 7.49. The van der Waals surface area contributed by atoms with Gasteiger partial charge in [0.05, 0.1) is 13.8 Å². The Morgan fingerprint density at radius 3 is 2.72 bits per heavy atom. The van der Waals surface area contributed by atoms with E-state index in [-0.39, 0.29) is 5.82 Å². The molecule has 0 fully saturated rings. The van der Waals surface area contributed by atoms with Gasteiger partial charge in [0.2, 0.25) is 0 Å². The first-order chi connectivity index (χ1) is 8.63. The summed E-state index contributed by atoms with van der Waals surface area (Å²) in [5, 5.41) is 0.726. The van der Waals surface area contributed by atoms with Crippen molar-refractivity contribution in [1.29, 1.82) is 0 Å². The zero-order chi connectivity index (χ0) is 13.1. The summed E-state index contributed by atoms with van der Waals surface area (Å²) >= 11 is 7.88. The van der Waals surface area contributed by atoms with Crippen molar-refractivity contribution in [2.24, 2.45) is 5.73 Å². The third kappa shape index (κ3) is 2.93. The molecular formula is C12H9Br2FN2S. The van der Waals surface area contributed by atoms with Gasteiger partial charge in [-0.05, 0) is 55.6 Å². The first-order valence-electron chi connectivity index (χ1n) is 5.08. The Morgan fingerprint density at radius 2 is 2.06 bits per heavy atom. The summed E-state index contributed by atoms with van der Waals surface area (Å²) in [5.74, 6) is -0.305. The molecule has 0 saturated carbocycles. The molecule has 0 radical (unpaired) electrons. The van der Waals surface area contributed by atoms with Gasteiger partial charge >= 0.3 is 0 Å². The van der Waals surface area contributed by atoms with Crippen LogP contribution in [0, 0.1) is 5.82 Å². The molecule has 2 aromatic rings. The maximum absolute atomic E-state index is 14.1. The lowest BCUT2D eigenvalue weighted by molar-refractivity contribution is 0.592. The van der Waals surface area contributed by atoms with E-state index in [9.17, 15) is 4.39 Å². The van der Waals surface area contributed by atoms with E-state index in [0.29, 0.717) is 15.9 Å². The largest absolute Gasteiger partial charge is 0.326 e. The molecule has 2 nitrogen and oxygen atoms in total. The number of nitrogens with two attached hydrogens (primary N) is 1. The molecule has 0 spiro atoms. The standard InChI is InChI=1S/C12H9Br2FN2S/c13-8-2-1-5-17-12(8)18-9-4-3-7(6-16)10(14)11(9)15/h1-5H,6,16H2. The fraction of sp³-hybridized carbons (Fsp3) is 0.0833. The molecule has 0 atom stereocenters. The van der Waals surface area contributed by atoms with Gasteiger partial charge in [0.25, 0.3) is 0 Å². The quantitative estimate of drug-likeness (QED) is 0.844. The van der Waals surface area contributed by atoms with E-state index in [1.165, 1.54) is 11.8 Å². The van der Waals surface area contributed by atoms with Crippen LogP contribution in [0.15, 0.2) is 49.3 Å². The van der Waals surface area contributed by atoms with E-state index in [4.69, 9.17) is 5.73 Å². The second kappa shape index (κ2) is 6.14. The van der Waals surface area contributed by atoms with Gasteiger partial charge in [-0.2, -0.15) is 0 Å². The summed E-state index contributed by atoms with van der Waals surface area (Å²) in [6.45, 7) is 0.301. The fourth-order valence-corrected chi connectivity index (χ4v) is 3.31. The van der Waals surface area contributed by atoms with Gasteiger partial charge in [0, 0.05) is 12.7 Å². The lowest BCUT2D eigenvalue weighted by Gasteiger charge is -2.08. The zero-order valence-corrected chi connectivity index (χ0v) is 13.1. The predicted octanol–water partition coefficient (Wildman–Crippen LogP) is 4.36. The lowest BCUT2D eigenvalue weighted by atomic mass is 10.2. The molecule has 0 aliphatic rings. The van der Waals surface area contributed by atoms with Crippen LogP contribution >= 0.6 is 43.6 Å². The second-order valence-electron chi connectivity index (χ2n) is 3.45. The van der Waals surface area contributed by atoms with Gasteiger partial charge < -0.3 is 5.73 Å². The smallest absolute Gasteiger partial charge is 0.151 e. The molecule has 0 saturated heterocycles. The van der Waals surface area contributed by atoms with Crippen molar-refractivity contribution in [3.8, 4) is 0 Å². The van der Waals surface area contributed by atoms with Crippen LogP contribution in [-0.4, -0.2) is 4.98 Å². The average molecular weight is 392 g/mol. The molecule has 0 aliphatic carbocycles. The number of aromatic nitrogens is 1. The highest BCUT2D eigenvalue weighted by Gasteiger charge is 2.13. The number of halogens is 3. The number of nitrogens with zero attached hydrogens (tertiary/aromatic N) is 1. The van der Waals surface area contributed by atoms with E-state index >= 15 is 0 Å². The fourth-order valence-electron chi connectivity index (χ4n) is 1.36. The molecule has 0 bridgehead atoms. The van der Waals surface area contributed by atoms with Crippen molar-refractivity contribution in [3.05, 3.63) is 50.8 Å². The van der Waals surface area contributed by atoms with Crippen molar-refractivity contribution in [1.82, 2.24) is 4.98 Å². The Morgan fingerprint density at radius 1 is 1.28 bits per heavy atom. The highest BCUT2D eigenvalue weighted by Crippen LogP contribution is 2.36. The number of pyridine rings is 1. The van der Waals surface area contributed by atoms with E-state index in [0.717, 1.165) is 15.1 Å². The molecule has 18 heavy (non-hydrogen) atoms. The molecule has 1 aromatic carbocycles. The molecule has 94 valence electrons. The van der Waals surface area contributed by atoms with Gasteiger partial charge in [-0.3, -0.25) is 0 Å². The minimum atomic E-state index is -0.305. The highest BCUT2D eigenvalue weighted by atomic mass is 79.9. The Balaban J connectivity index is 2.36. The minimum absolute atomic E-state index is 0.301. The minimum Gasteiger partial charge on any atom is -0.326 e. The van der Waals surface area contributed by atoms with E-state index < -0.39 is 0 Å². The molecule has 1 heterocycles. The van der Waals surface area contributed by atoms with Crippen LogP contribution in [0.4, 0.5) is 4.39 Å². The Bertz CT molecular complexity index is 578. The van der Waals surface area contributed by atoms with Crippen molar-refractivity contribution >= 4 is 43.6 Å². The molecule has 0 amide bonds. The maximum Gasteiger partial charge on any atom is 0.151 e. The van der Waals surface area contributed by atoms with Gasteiger partial charge in [-0.25, -0.2) is 9.37 Å². The average Bonchev–Trinajstić information content (AvgIpc) is 2.38. The molecule has 6 heteroatoms. The zero-order valence-electron chi connectivity index (χ0n) is 9.16. The summed E-state index contributed by atoms with van der Waals surface area (Å²) in [5.41, 5.74) is 6.27. The Hall–Kier alpha value is -0.430. The highest BCUT2D eigenvalue weighted by molar-refractivity contribution is 9.10. The number of hydrogen-bond acceptors (Lipinski definition) is 3. The van der Waals surface area contributed by atoms with E-state index in [2.05, 4.69) is 36.8 Å². The number of benzene rings is 1. The van der Waals surface area contributed by atoms with Crippen LogP contribution in [0.25, 0.3) is 0 Å². The van der Waals surface area contributed by atoms with Crippen molar-refractivity contribution in [2.45, 2.75) is 16.5 Å². The SMILES string of the molecule is NCc1ccc(Sc2ncccc2Br)c(F)c1Br. The van der Waals surface area contributed by atoms with Crippen molar-refractivity contribution < 1.29 is 4.39 Å². The first kappa shape index (κ1) is 14.0. The molecule has 2 N–H and O–H groups in total. The molecule has 0 unspecified atom stereocenters. The van der Waals surface area contributed by atoms with Crippen molar-refractivity contribution in [3.63, 3.8) is 0 Å². The third-order valence-corrected chi connectivity index (χ3v) is 5.09. The predicted molar refractivity (Wildman–Crippen MR) is 78.1 cm³/mol. The Labute approximate surface area is 125 Å². The topological polar surface area (TPSA) is 38.9 Å². The van der Waals surface area contributed by atoms with Crippen molar-refractivity contribution in [2.75, 3.05) is 0 Å². The second-order valence-corrected chi connectivity index (χ2v) is 6.13. The van der Waals surface area contributed by atoms with Gasteiger partial charge in [0.15, 0.2) is 5.82 Å². The van der Waals surface area contributed by atoms with Crippen LogP contribution in [0.2, 0.25) is 0 Å². The Kier molecular flexibility index (Phi) is 4.77. The van der Waals surface area contributed by atoms with Gasteiger partial charge in [0.1, 0.15) is 5.03 Å². The van der Waals surface area contributed by atoms with E-state index in [1.807, 2.05) is 18.2 Å². The lowest BCUT2D eigenvalue weighted by Crippen LogP contribution is -1.99. The number of hydrogen-bond donors (Lipinski definition) is 1. The molecule has 2 rings (SSSR count). The van der Waals surface area contributed by atoms with Gasteiger partial charge in [-0.1, -0.05) is 17.8 Å². The summed E-state index contributed by atoms with van der Waals surface area (Å²) in [6, 6.07) is 7.22. The third-order valence-electron chi connectivity index (χ3n) is 2.28.